The number of hydrogen-bond donors (Lipinski definition) is 1. The van der Waals surface area contributed by atoms with Crippen molar-refractivity contribution in [1.82, 2.24) is 10.2 Å². The third kappa shape index (κ3) is 7.35. The van der Waals surface area contributed by atoms with Crippen molar-refractivity contribution in [2.45, 2.75) is 51.2 Å². The van der Waals surface area contributed by atoms with Crippen LogP contribution in [-0.4, -0.2) is 50.9 Å². The number of rotatable bonds is 11. The molecule has 0 heterocycles. The van der Waals surface area contributed by atoms with Crippen molar-refractivity contribution in [3.63, 3.8) is 0 Å². The van der Waals surface area contributed by atoms with E-state index in [1.165, 1.54) is 61.4 Å². The first-order chi connectivity index (χ1) is 18.4. The lowest BCUT2D eigenvalue weighted by atomic mass is 10.1. The molecule has 0 saturated carbocycles. The zero-order chi connectivity index (χ0) is 28.7. The molecule has 39 heavy (non-hydrogen) atoms. The molecule has 3 aromatic rings. The van der Waals surface area contributed by atoms with Crippen molar-refractivity contribution in [2.24, 2.45) is 0 Å². The van der Waals surface area contributed by atoms with Gasteiger partial charge in [-0.05, 0) is 70.2 Å². The fourth-order valence-electron chi connectivity index (χ4n) is 3.91. The van der Waals surface area contributed by atoms with Crippen molar-refractivity contribution in [3.8, 4) is 5.75 Å². The van der Waals surface area contributed by atoms with Crippen LogP contribution in [0.5, 0.6) is 5.75 Å². The first-order valence-corrected chi connectivity index (χ1v) is 13.9. The number of sulfonamides is 1. The van der Waals surface area contributed by atoms with Gasteiger partial charge in [0.1, 0.15) is 24.2 Å². The largest absolute Gasteiger partial charge is 0.497 e. The number of aryl methyl sites for hydroxylation is 1. The lowest BCUT2D eigenvalue weighted by Crippen LogP contribution is -2.52. The Hall–Kier alpha value is -3.92. The second kappa shape index (κ2) is 12.8. The molecule has 2 amide bonds. The number of hydrogen-bond acceptors (Lipinski definition) is 5. The zero-order valence-electron chi connectivity index (χ0n) is 22.7. The summed E-state index contributed by atoms with van der Waals surface area (Å²) < 4.78 is 48.4. The minimum atomic E-state index is -4.19. The average molecular weight is 556 g/mol. The van der Waals surface area contributed by atoms with Gasteiger partial charge in [-0.25, -0.2) is 12.8 Å². The Morgan fingerprint density at radius 2 is 1.56 bits per heavy atom. The van der Waals surface area contributed by atoms with Crippen LogP contribution in [0.25, 0.3) is 0 Å². The number of carbonyl (C=O) groups is 2. The van der Waals surface area contributed by atoms with Gasteiger partial charge in [-0.1, -0.05) is 35.9 Å². The molecular weight excluding hydrogens is 521 g/mol. The molecule has 3 rings (SSSR count). The third-order valence-corrected chi connectivity index (χ3v) is 7.93. The van der Waals surface area contributed by atoms with Gasteiger partial charge in [0.05, 0.1) is 17.7 Å². The molecule has 0 aliphatic carbocycles. The Bertz CT molecular complexity index is 1390. The minimum absolute atomic E-state index is 0.00275. The van der Waals surface area contributed by atoms with Crippen LogP contribution in [0.2, 0.25) is 0 Å². The molecule has 208 valence electrons. The Kier molecular flexibility index (Phi) is 9.69. The highest BCUT2D eigenvalue weighted by Gasteiger charge is 2.33. The molecule has 0 spiro atoms. The number of ether oxygens (including phenoxy) is 1. The number of nitrogens with one attached hydrogen (secondary N) is 1. The van der Waals surface area contributed by atoms with Crippen molar-refractivity contribution >= 4 is 27.5 Å². The van der Waals surface area contributed by atoms with Gasteiger partial charge >= 0.3 is 0 Å². The van der Waals surface area contributed by atoms with E-state index in [9.17, 15) is 22.4 Å². The molecule has 8 nitrogen and oxygen atoms in total. The number of anilines is 1. The van der Waals surface area contributed by atoms with E-state index in [2.05, 4.69) is 5.32 Å². The molecule has 1 unspecified atom stereocenters. The Morgan fingerprint density at radius 1 is 0.949 bits per heavy atom. The van der Waals surface area contributed by atoms with Crippen LogP contribution >= 0.6 is 0 Å². The van der Waals surface area contributed by atoms with Crippen LogP contribution in [0.3, 0.4) is 0 Å². The summed E-state index contributed by atoms with van der Waals surface area (Å²) in [6, 6.07) is 17.3. The fraction of sp³-hybridized carbons (Fsp3) is 0.310. The topological polar surface area (TPSA) is 96.0 Å². The summed E-state index contributed by atoms with van der Waals surface area (Å²) in [6.07, 6.45) is 0. The van der Waals surface area contributed by atoms with E-state index in [1.54, 1.807) is 44.2 Å². The summed E-state index contributed by atoms with van der Waals surface area (Å²) in [5, 5.41) is 2.76. The zero-order valence-corrected chi connectivity index (χ0v) is 23.5. The van der Waals surface area contributed by atoms with Crippen LogP contribution in [0, 0.1) is 12.7 Å². The maximum Gasteiger partial charge on any atom is 0.264 e. The summed E-state index contributed by atoms with van der Waals surface area (Å²) >= 11 is 0. The van der Waals surface area contributed by atoms with E-state index in [1.807, 2.05) is 6.92 Å². The van der Waals surface area contributed by atoms with E-state index in [4.69, 9.17) is 4.74 Å². The fourth-order valence-corrected chi connectivity index (χ4v) is 5.33. The van der Waals surface area contributed by atoms with E-state index in [-0.39, 0.29) is 28.7 Å². The van der Waals surface area contributed by atoms with Gasteiger partial charge in [-0.2, -0.15) is 0 Å². The maximum absolute atomic E-state index is 14.6. The molecule has 10 heteroatoms. The first kappa shape index (κ1) is 29.6. The van der Waals surface area contributed by atoms with Crippen LogP contribution in [0.15, 0.2) is 77.7 Å². The lowest BCUT2D eigenvalue weighted by molar-refractivity contribution is -0.139. The third-order valence-electron chi connectivity index (χ3n) is 6.15. The van der Waals surface area contributed by atoms with Gasteiger partial charge in [0.2, 0.25) is 11.8 Å². The molecule has 0 aliphatic rings. The molecule has 0 aliphatic heterocycles. The molecule has 1 atom stereocenters. The highest BCUT2D eigenvalue weighted by Crippen LogP contribution is 2.27. The Morgan fingerprint density at radius 3 is 2.13 bits per heavy atom. The van der Waals surface area contributed by atoms with E-state index in [0.29, 0.717) is 5.75 Å². The molecule has 0 bridgehead atoms. The number of amides is 2. The standard InChI is InChI=1S/C29H34FN3O5S/c1-20(2)31-29(35)22(4)32(18-23-8-6-7-9-27(23)30)28(34)19-33(24-12-14-25(38-5)15-13-24)39(36,37)26-16-10-21(3)11-17-26/h6-17,20,22H,18-19H2,1-5H3,(H,31,35). The normalized spacial score (nSPS) is 12.1. The van der Waals surface area contributed by atoms with Crippen LogP contribution in [0.1, 0.15) is 31.9 Å². The summed E-state index contributed by atoms with van der Waals surface area (Å²) in [6.45, 7) is 6.10. The van der Waals surface area contributed by atoms with Gasteiger partial charge in [-0.3, -0.25) is 13.9 Å². The molecule has 0 aromatic heterocycles. The molecule has 3 aromatic carbocycles. The predicted octanol–water partition coefficient (Wildman–Crippen LogP) is 4.28. The van der Waals surface area contributed by atoms with Gasteiger partial charge < -0.3 is 15.0 Å². The SMILES string of the molecule is COc1ccc(N(CC(=O)N(Cc2ccccc2F)C(C)C(=O)NC(C)C)S(=O)(=O)c2ccc(C)cc2)cc1. The highest BCUT2D eigenvalue weighted by molar-refractivity contribution is 7.92. The second-order valence-corrected chi connectivity index (χ2v) is 11.3. The van der Waals surface area contributed by atoms with Crippen LogP contribution in [0.4, 0.5) is 10.1 Å². The van der Waals surface area contributed by atoms with Gasteiger partial charge in [0.15, 0.2) is 0 Å². The van der Waals surface area contributed by atoms with E-state index >= 15 is 0 Å². The Balaban J connectivity index is 2.04. The van der Waals surface area contributed by atoms with E-state index in [0.717, 1.165) is 9.87 Å². The molecule has 0 radical (unpaired) electrons. The Labute approximate surface area is 229 Å². The highest BCUT2D eigenvalue weighted by atomic mass is 32.2. The molecule has 0 fully saturated rings. The summed E-state index contributed by atoms with van der Waals surface area (Å²) in [5.41, 5.74) is 1.31. The minimum Gasteiger partial charge on any atom is -0.497 e. The number of nitrogens with zero attached hydrogens (tertiary/aromatic N) is 2. The molecule has 0 saturated heterocycles. The van der Waals surface area contributed by atoms with Crippen LogP contribution in [-0.2, 0) is 26.2 Å². The number of benzene rings is 3. The second-order valence-electron chi connectivity index (χ2n) is 9.48. The number of methoxy groups -OCH3 is 1. The lowest BCUT2D eigenvalue weighted by Gasteiger charge is -2.32. The first-order valence-electron chi connectivity index (χ1n) is 12.5. The van der Waals surface area contributed by atoms with E-state index < -0.39 is 40.2 Å². The smallest absolute Gasteiger partial charge is 0.264 e. The summed E-state index contributed by atoms with van der Waals surface area (Å²) in [5.74, 6) is -1.13. The quantitative estimate of drug-likeness (QED) is 0.381. The predicted molar refractivity (Wildman–Crippen MR) is 148 cm³/mol. The van der Waals surface area contributed by atoms with Crippen molar-refractivity contribution in [2.75, 3.05) is 18.0 Å². The number of carbonyl (C=O) groups excluding carboxylic acids is 2. The van der Waals surface area contributed by atoms with Crippen LogP contribution < -0.4 is 14.4 Å². The van der Waals surface area contributed by atoms with Crippen molar-refractivity contribution < 1.29 is 27.1 Å². The maximum atomic E-state index is 14.6. The summed E-state index contributed by atoms with van der Waals surface area (Å²) in [4.78, 5) is 27.9. The summed E-state index contributed by atoms with van der Waals surface area (Å²) in [7, 11) is -2.71. The van der Waals surface area contributed by atoms with Gasteiger partial charge in [0, 0.05) is 18.2 Å². The van der Waals surface area contributed by atoms with Crippen molar-refractivity contribution in [3.05, 3.63) is 89.7 Å². The van der Waals surface area contributed by atoms with Gasteiger partial charge in [-0.15, -0.1) is 0 Å². The molecule has 1 N–H and O–H groups in total. The monoisotopic (exact) mass is 555 g/mol. The van der Waals surface area contributed by atoms with Crippen molar-refractivity contribution in [1.29, 1.82) is 0 Å². The average Bonchev–Trinajstić information content (AvgIpc) is 2.90. The van der Waals surface area contributed by atoms with Gasteiger partial charge in [0.25, 0.3) is 10.0 Å². The number of halogens is 1. The molecular formula is C29H34FN3O5S.